The SMILES string of the molecule is c1ccc2c(-c3noc(-c4cn(CC5CCCN5)nn4)n3)cccc2c1. The van der Waals surface area contributed by atoms with Crippen molar-refractivity contribution in [3.8, 4) is 23.0 Å². The number of aromatic nitrogens is 5. The van der Waals surface area contributed by atoms with Crippen molar-refractivity contribution in [2.45, 2.75) is 25.4 Å². The fraction of sp³-hybridized carbons (Fsp3) is 0.263. The fourth-order valence-corrected chi connectivity index (χ4v) is 3.48. The van der Waals surface area contributed by atoms with E-state index in [2.05, 4.69) is 44.0 Å². The minimum atomic E-state index is 0.388. The molecule has 3 heterocycles. The van der Waals surface area contributed by atoms with E-state index < -0.39 is 0 Å². The molecule has 0 radical (unpaired) electrons. The Balaban J connectivity index is 1.44. The van der Waals surface area contributed by atoms with Crippen molar-refractivity contribution in [3.63, 3.8) is 0 Å². The Morgan fingerprint density at radius 1 is 1.15 bits per heavy atom. The molecule has 2 aromatic carbocycles. The van der Waals surface area contributed by atoms with Gasteiger partial charge in [0.1, 0.15) is 0 Å². The Bertz CT molecular complexity index is 1040. The lowest BCUT2D eigenvalue weighted by molar-refractivity contribution is 0.431. The van der Waals surface area contributed by atoms with E-state index in [-0.39, 0.29) is 0 Å². The van der Waals surface area contributed by atoms with Gasteiger partial charge < -0.3 is 9.84 Å². The third kappa shape index (κ3) is 2.76. The van der Waals surface area contributed by atoms with Crippen molar-refractivity contribution in [1.82, 2.24) is 30.5 Å². The quantitative estimate of drug-likeness (QED) is 0.612. The zero-order chi connectivity index (χ0) is 17.3. The highest BCUT2D eigenvalue weighted by atomic mass is 16.5. The Morgan fingerprint density at radius 2 is 2.08 bits per heavy atom. The largest absolute Gasteiger partial charge is 0.332 e. The molecule has 5 rings (SSSR count). The van der Waals surface area contributed by atoms with Gasteiger partial charge in [0.25, 0.3) is 5.89 Å². The molecule has 0 aliphatic carbocycles. The zero-order valence-corrected chi connectivity index (χ0v) is 14.2. The lowest BCUT2D eigenvalue weighted by Crippen LogP contribution is -2.26. The van der Waals surface area contributed by atoms with Crippen LogP contribution in [-0.2, 0) is 6.54 Å². The molecule has 7 heteroatoms. The van der Waals surface area contributed by atoms with Gasteiger partial charge in [-0.15, -0.1) is 5.10 Å². The molecule has 0 amide bonds. The molecule has 1 unspecified atom stereocenters. The second kappa shape index (κ2) is 6.34. The summed E-state index contributed by atoms with van der Waals surface area (Å²) in [5.41, 5.74) is 1.54. The highest BCUT2D eigenvalue weighted by Gasteiger charge is 2.18. The summed E-state index contributed by atoms with van der Waals surface area (Å²) in [7, 11) is 0. The summed E-state index contributed by atoms with van der Waals surface area (Å²) in [6.07, 6.45) is 4.24. The number of hydrogen-bond acceptors (Lipinski definition) is 6. The monoisotopic (exact) mass is 346 g/mol. The van der Waals surface area contributed by atoms with Crippen molar-refractivity contribution in [3.05, 3.63) is 48.7 Å². The Hall–Kier alpha value is -3.06. The van der Waals surface area contributed by atoms with E-state index in [1.165, 1.54) is 12.8 Å². The molecular weight excluding hydrogens is 328 g/mol. The topological polar surface area (TPSA) is 81.7 Å². The van der Waals surface area contributed by atoms with Crippen LogP contribution in [0.3, 0.4) is 0 Å². The van der Waals surface area contributed by atoms with Gasteiger partial charge in [-0.05, 0) is 30.2 Å². The van der Waals surface area contributed by atoms with Crippen LogP contribution in [0.25, 0.3) is 33.7 Å². The molecule has 1 aliphatic heterocycles. The van der Waals surface area contributed by atoms with Gasteiger partial charge in [-0.25, -0.2) is 0 Å². The minimum absolute atomic E-state index is 0.388. The second-order valence-corrected chi connectivity index (χ2v) is 6.57. The van der Waals surface area contributed by atoms with Crippen molar-refractivity contribution >= 4 is 10.8 Å². The van der Waals surface area contributed by atoms with Gasteiger partial charge in [-0.2, -0.15) is 4.98 Å². The Morgan fingerprint density at radius 3 is 3.00 bits per heavy atom. The lowest BCUT2D eigenvalue weighted by Gasteiger charge is -2.08. The van der Waals surface area contributed by atoms with E-state index in [9.17, 15) is 0 Å². The van der Waals surface area contributed by atoms with Crippen molar-refractivity contribution in [2.75, 3.05) is 6.54 Å². The number of fused-ring (bicyclic) bond motifs is 1. The van der Waals surface area contributed by atoms with E-state index in [0.29, 0.717) is 23.5 Å². The number of benzene rings is 2. The molecule has 1 N–H and O–H groups in total. The van der Waals surface area contributed by atoms with Crippen LogP contribution in [0.1, 0.15) is 12.8 Å². The predicted molar refractivity (Wildman–Crippen MR) is 97.3 cm³/mol. The number of nitrogens with zero attached hydrogens (tertiary/aromatic N) is 5. The third-order valence-electron chi connectivity index (χ3n) is 4.78. The molecule has 1 saturated heterocycles. The van der Waals surface area contributed by atoms with E-state index in [1.54, 1.807) is 0 Å². The number of rotatable bonds is 4. The maximum atomic E-state index is 5.44. The Labute approximate surface area is 150 Å². The van der Waals surface area contributed by atoms with Gasteiger partial charge in [0.15, 0.2) is 5.69 Å². The molecule has 2 aromatic heterocycles. The van der Waals surface area contributed by atoms with E-state index >= 15 is 0 Å². The van der Waals surface area contributed by atoms with Crippen LogP contribution < -0.4 is 5.32 Å². The summed E-state index contributed by atoms with van der Waals surface area (Å²) in [6, 6.07) is 14.7. The molecule has 130 valence electrons. The maximum absolute atomic E-state index is 5.44. The molecule has 26 heavy (non-hydrogen) atoms. The minimum Gasteiger partial charge on any atom is -0.332 e. The van der Waals surface area contributed by atoms with Crippen LogP contribution in [0.15, 0.2) is 53.2 Å². The van der Waals surface area contributed by atoms with Gasteiger partial charge >= 0.3 is 0 Å². The highest BCUT2D eigenvalue weighted by molar-refractivity contribution is 5.95. The first-order chi connectivity index (χ1) is 12.9. The Kier molecular flexibility index (Phi) is 3.71. The number of nitrogens with one attached hydrogen (secondary N) is 1. The van der Waals surface area contributed by atoms with Crippen LogP contribution in [0.2, 0.25) is 0 Å². The van der Waals surface area contributed by atoms with Crippen LogP contribution in [0.4, 0.5) is 0 Å². The summed E-state index contributed by atoms with van der Waals surface area (Å²) < 4.78 is 7.28. The maximum Gasteiger partial charge on any atom is 0.280 e. The van der Waals surface area contributed by atoms with Crippen LogP contribution in [0, 0.1) is 0 Å². The molecule has 0 spiro atoms. The summed E-state index contributed by atoms with van der Waals surface area (Å²) in [5.74, 6) is 0.947. The second-order valence-electron chi connectivity index (χ2n) is 6.57. The van der Waals surface area contributed by atoms with Crippen LogP contribution in [0.5, 0.6) is 0 Å². The molecule has 1 fully saturated rings. The van der Waals surface area contributed by atoms with E-state index in [4.69, 9.17) is 4.52 Å². The molecular formula is C19H18N6O. The van der Waals surface area contributed by atoms with Crippen molar-refractivity contribution < 1.29 is 4.52 Å². The van der Waals surface area contributed by atoms with Gasteiger partial charge in [0.05, 0.1) is 12.7 Å². The van der Waals surface area contributed by atoms with Crippen molar-refractivity contribution in [1.29, 1.82) is 0 Å². The molecule has 0 bridgehead atoms. The van der Waals surface area contributed by atoms with Crippen molar-refractivity contribution in [2.24, 2.45) is 0 Å². The highest BCUT2D eigenvalue weighted by Crippen LogP contribution is 2.28. The molecule has 1 aliphatic rings. The van der Waals surface area contributed by atoms with Gasteiger partial charge in [-0.1, -0.05) is 52.8 Å². The van der Waals surface area contributed by atoms with Crippen LogP contribution >= 0.6 is 0 Å². The first-order valence-corrected chi connectivity index (χ1v) is 8.82. The first kappa shape index (κ1) is 15.2. The third-order valence-corrected chi connectivity index (χ3v) is 4.78. The average Bonchev–Trinajstić information content (AvgIpc) is 3.43. The van der Waals surface area contributed by atoms with Gasteiger partial charge in [-0.3, -0.25) is 4.68 Å². The first-order valence-electron chi connectivity index (χ1n) is 8.82. The summed E-state index contributed by atoms with van der Waals surface area (Å²) in [6.45, 7) is 1.88. The predicted octanol–water partition coefficient (Wildman–Crippen LogP) is 2.90. The summed E-state index contributed by atoms with van der Waals surface area (Å²) in [5, 5.41) is 18.2. The molecule has 7 nitrogen and oxygen atoms in total. The van der Waals surface area contributed by atoms with E-state index in [1.807, 2.05) is 35.1 Å². The number of hydrogen-bond donors (Lipinski definition) is 1. The average molecular weight is 346 g/mol. The smallest absolute Gasteiger partial charge is 0.280 e. The fourth-order valence-electron chi connectivity index (χ4n) is 3.48. The molecule has 4 aromatic rings. The normalized spacial score (nSPS) is 17.2. The molecule has 1 atom stereocenters. The summed E-state index contributed by atoms with van der Waals surface area (Å²) in [4.78, 5) is 4.54. The van der Waals surface area contributed by atoms with Crippen LogP contribution in [-0.4, -0.2) is 37.7 Å². The lowest BCUT2D eigenvalue weighted by atomic mass is 10.0. The standard InChI is InChI=1S/C19H18N6O/c1-2-8-15-13(5-1)6-3-9-16(15)18-21-19(26-23-18)17-12-25(24-22-17)11-14-7-4-10-20-14/h1-3,5-6,8-9,12,14,20H,4,7,10-11H2. The van der Waals surface area contributed by atoms with Gasteiger partial charge in [0, 0.05) is 11.6 Å². The summed E-state index contributed by atoms with van der Waals surface area (Å²) >= 11 is 0. The zero-order valence-electron chi connectivity index (χ0n) is 14.2. The van der Waals surface area contributed by atoms with E-state index in [0.717, 1.165) is 29.4 Å². The van der Waals surface area contributed by atoms with Gasteiger partial charge in [0.2, 0.25) is 5.82 Å². The molecule has 0 saturated carbocycles.